The second-order valence-electron chi connectivity index (χ2n) is 6.12. The Bertz CT molecular complexity index is 460. The van der Waals surface area contributed by atoms with Crippen molar-refractivity contribution >= 4 is 0 Å². The van der Waals surface area contributed by atoms with E-state index in [0.717, 1.165) is 37.9 Å². The summed E-state index contributed by atoms with van der Waals surface area (Å²) in [6.07, 6.45) is 8.55. The van der Waals surface area contributed by atoms with Gasteiger partial charge in [-0.05, 0) is 61.8 Å². The van der Waals surface area contributed by atoms with Crippen molar-refractivity contribution in [1.29, 1.82) is 0 Å². The Morgan fingerprint density at radius 3 is 2.80 bits per heavy atom. The lowest BCUT2D eigenvalue weighted by Crippen LogP contribution is -2.29. The van der Waals surface area contributed by atoms with Gasteiger partial charge < -0.3 is 15.2 Å². The summed E-state index contributed by atoms with van der Waals surface area (Å²) < 4.78 is 11.6. The summed E-state index contributed by atoms with van der Waals surface area (Å²) in [5.41, 5.74) is 8.90. The average Bonchev–Trinajstić information content (AvgIpc) is 2.48. The van der Waals surface area contributed by atoms with Crippen LogP contribution in [0.2, 0.25) is 0 Å². The Morgan fingerprint density at radius 1 is 1.10 bits per heavy atom. The number of hydrogen-bond donors (Lipinski definition) is 1. The van der Waals surface area contributed by atoms with E-state index in [1.807, 2.05) is 0 Å². The molecule has 2 unspecified atom stereocenters. The topological polar surface area (TPSA) is 44.5 Å². The van der Waals surface area contributed by atoms with Crippen molar-refractivity contribution in [3.05, 3.63) is 29.3 Å². The van der Waals surface area contributed by atoms with Gasteiger partial charge in [-0.3, -0.25) is 0 Å². The van der Waals surface area contributed by atoms with E-state index in [2.05, 4.69) is 18.2 Å². The molecular formula is C17H25NO2. The van der Waals surface area contributed by atoms with Gasteiger partial charge >= 0.3 is 0 Å². The molecule has 1 fully saturated rings. The largest absolute Gasteiger partial charge is 0.490 e. The molecule has 2 aliphatic rings. The first-order valence-electron chi connectivity index (χ1n) is 7.84. The summed E-state index contributed by atoms with van der Waals surface area (Å²) in [4.78, 5) is 0. The molecule has 3 atom stereocenters. The van der Waals surface area contributed by atoms with Crippen LogP contribution in [0.5, 0.6) is 5.75 Å². The molecule has 1 saturated carbocycles. The maximum Gasteiger partial charge on any atom is 0.120 e. The molecule has 0 spiro atoms. The van der Waals surface area contributed by atoms with Crippen LogP contribution in [0.25, 0.3) is 0 Å². The summed E-state index contributed by atoms with van der Waals surface area (Å²) in [6, 6.07) is 6.64. The quantitative estimate of drug-likeness (QED) is 0.920. The smallest absolute Gasteiger partial charge is 0.120 e. The highest BCUT2D eigenvalue weighted by Gasteiger charge is 2.24. The lowest BCUT2D eigenvalue weighted by atomic mass is 9.88. The average molecular weight is 275 g/mol. The van der Waals surface area contributed by atoms with Gasteiger partial charge in [-0.15, -0.1) is 0 Å². The molecule has 3 rings (SSSR count). The third-order valence-electron chi connectivity index (χ3n) is 4.69. The Morgan fingerprint density at radius 2 is 1.95 bits per heavy atom. The normalized spacial score (nSPS) is 29.8. The van der Waals surface area contributed by atoms with Crippen molar-refractivity contribution in [2.75, 3.05) is 7.11 Å². The minimum atomic E-state index is 0.181. The van der Waals surface area contributed by atoms with Crippen molar-refractivity contribution in [3.8, 4) is 5.75 Å². The van der Waals surface area contributed by atoms with Crippen LogP contribution in [0.1, 0.15) is 55.7 Å². The van der Waals surface area contributed by atoms with Crippen LogP contribution in [-0.2, 0) is 11.2 Å². The standard InChI is InChI=1S/C17H25NO2/c1-19-13-5-3-6-14(10-13)20-15-9-8-12-4-2-7-17(18)16(12)11-15/h8-9,11,13-14,17H,2-7,10,18H2,1H3/t13?,14?,17-/m1/s1. The van der Waals surface area contributed by atoms with Gasteiger partial charge in [0.05, 0.1) is 6.10 Å². The summed E-state index contributed by atoms with van der Waals surface area (Å²) in [6.45, 7) is 0. The Labute approximate surface area is 121 Å². The van der Waals surface area contributed by atoms with Crippen LogP contribution in [-0.4, -0.2) is 19.3 Å². The number of hydrogen-bond acceptors (Lipinski definition) is 3. The lowest BCUT2D eigenvalue weighted by Gasteiger charge is -2.29. The van der Waals surface area contributed by atoms with Gasteiger partial charge in [0, 0.05) is 19.6 Å². The predicted molar refractivity (Wildman–Crippen MR) is 80.0 cm³/mol. The number of benzene rings is 1. The van der Waals surface area contributed by atoms with Gasteiger partial charge in [-0.1, -0.05) is 6.07 Å². The molecule has 3 heteroatoms. The first kappa shape index (κ1) is 13.9. The van der Waals surface area contributed by atoms with Gasteiger partial charge in [0.2, 0.25) is 0 Å². The zero-order chi connectivity index (χ0) is 13.9. The van der Waals surface area contributed by atoms with Crippen molar-refractivity contribution < 1.29 is 9.47 Å². The Kier molecular flexibility index (Phi) is 4.27. The first-order chi connectivity index (χ1) is 9.76. The summed E-state index contributed by atoms with van der Waals surface area (Å²) in [7, 11) is 1.80. The Hall–Kier alpha value is -1.06. The molecule has 0 heterocycles. The molecule has 2 aliphatic carbocycles. The fraction of sp³-hybridized carbons (Fsp3) is 0.647. The minimum Gasteiger partial charge on any atom is -0.490 e. The summed E-state index contributed by atoms with van der Waals surface area (Å²) in [5, 5.41) is 0. The van der Waals surface area contributed by atoms with Crippen LogP contribution in [0.3, 0.4) is 0 Å². The van der Waals surface area contributed by atoms with Gasteiger partial charge in [0.25, 0.3) is 0 Å². The maximum absolute atomic E-state index is 6.22. The zero-order valence-corrected chi connectivity index (χ0v) is 12.3. The number of aryl methyl sites for hydroxylation is 1. The molecule has 0 radical (unpaired) electrons. The summed E-state index contributed by atoms with van der Waals surface area (Å²) in [5.74, 6) is 0.975. The number of rotatable bonds is 3. The maximum atomic E-state index is 6.22. The molecule has 0 amide bonds. The lowest BCUT2D eigenvalue weighted by molar-refractivity contribution is 0.0209. The van der Waals surface area contributed by atoms with Crippen molar-refractivity contribution in [2.45, 2.75) is 63.2 Å². The number of ether oxygens (including phenoxy) is 2. The second kappa shape index (κ2) is 6.15. The molecule has 1 aromatic carbocycles. The molecule has 0 saturated heterocycles. The van der Waals surface area contributed by atoms with Crippen LogP contribution in [0.15, 0.2) is 18.2 Å². The molecular weight excluding hydrogens is 250 g/mol. The van der Waals surface area contributed by atoms with Gasteiger partial charge in [-0.25, -0.2) is 0 Å². The van der Waals surface area contributed by atoms with Crippen molar-refractivity contribution in [2.24, 2.45) is 5.73 Å². The van der Waals surface area contributed by atoms with E-state index in [-0.39, 0.29) is 12.1 Å². The van der Waals surface area contributed by atoms with E-state index in [0.29, 0.717) is 6.10 Å². The predicted octanol–water partition coefficient (Wildman–Crippen LogP) is 3.36. The fourth-order valence-electron chi connectivity index (χ4n) is 3.50. The number of methoxy groups -OCH3 is 1. The molecule has 3 nitrogen and oxygen atoms in total. The molecule has 0 aliphatic heterocycles. The highest BCUT2D eigenvalue weighted by Crippen LogP contribution is 2.32. The van der Waals surface area contributed by atoms with Gasteiger partial charge in [-0.2, -0.15) is 0 Å². The van der Waals surface area contributed by atoms with Gasteiger partial charge in [0.1, 0.15) is 11.9 Å². The van der Waals surface area contributed by atoms with E-state index in [9.17, 15) is 0 Å². The van der Waals surface area contributed by atoms with Crippen molar-refractivity contribution in [3.63, 3.8) is 0 Å². The number of nitrogens with two attached hydrogens (primary N) is 1. The highest BCUT2D eigenvalue weighted by atomic mass is 16.5. The third kappa shape index (κ3) is 2.99. The molecule has 0 aromatic heterocycles. The van der Waals surface area contributed by atoms with Crippen molar-refractivity contribution in [1.82, 2.24) is 0 Å². The molecule has 2 N–H and O–H groups in total. The zero-order valence-electron chi connectivity index (χ0n) is 12.3. The molecule has 20 heavy (non-hydrogen) atoms. The molecule has 0 bridgehead atoms. The van der Waals surface area contributed by atoms with Crippen LogP contribution in [0.4, 0.5) is 0 Å². The highest BCUT2D eigenvalue weighted by molar-refractivity contribution is 5.39. The van der Waals surface area contributed by atoms with Crippen LogP contribution < -0.4 is 10.5 Å². The van der Waals surface area contributed by atoms with E-state index in [1.165, 1.54) is 24.0 Å². The van der Waals surface area contributed by atoms with E-state index in [1.54, 1.807) is 7.11 Å². The number of fused-ring (bicyclic) bond motifs is 1. The van der Waals surface area contributed by atoms with Gasteiger partial charge in [0.15, 0.2) is 0 Å². The van der Waals surface area contributed by atoms with E-state index in [4.69, 9.17) is 15.2 Å². The van der Waals surface area contributed by atoms with E-state index >= 15 is 0 Å². The van der Waals surface area contributed by atoms with Crippen LogP contribution in [0, 0.1) is 0 Å². The first-order valence-corrected chi connectivity index (χ1v) is 7.84. The third-order valence-corrected chi connectivity index (χ3v) is 4.69. The minimum absolute atomic E-state index is 0.181. The molecule has 110 valence electrons. The second-order valence-corrected chi connectivity index (χ2v) is 6.12. The fourth-order valence-corrected chi connectivity index (χ4v) is 3.50. The summed E-state index contributed by atoms with van der Waals surface area (Å²) >= 11 is 0. The SMILES string of the molecule is COC1CCCC(Oc2ccc3c(c2)[C@H](N)CCC3)C1. The van der Waals surface area contributed by atoms with E-state index < -0.39 is 0 Å². The monoisotopic (exact) mass is 275 g/mol. The molecule has 1 aromatic rings. The Balaban J connectivity index is 1.70. The van der Waals surface area contributed by atoms with Crippen LogP contribution >= 0.6 is 0 Å².